The van der Waals surface area contributed by atoms with E-state index in [0.717, 1.165) is 18.3 Å². The molecule has 3 fully saturated rings. The number of ether oxygens (including phenoxy) is 4. The Morgan fingerprint density at radius 2 is 1.76 bits per heavy atom. The van der Waals surface area contributed by atoms with Crippen molar-refractivity contribution >= 4 is 34.9 Å². The van der Waals surface area contributed by atoms with Gasteiger partial charge in [-0.25, -0.2) is 9.59 Å². The summed E-state index contributed by atoms with van der Waals surface area (Å²) in [7, 11) is 2.64. The Kier molecular flexibility index (Phi) is 7.10. The van der Waals surface area contributed by atoms with Gasteiger partial charge >= 0.3 is 12.3 Å². The molecule has 6 nitrogen and oxygen atoms in total. The fourth-order valence-electron chi connectivity index (χ4n) is 7.70. The van der Waals surface area contributed by atoms with Crippen LogP contribution in [-0.4, -0.2) is 43.2 Å². The van der Waals surface area contributed by atoms with Crippen molar-refractivity contribution in [3.8, 4) is 0 Å². The Morgan fingerprint density at radius 3 is 2.42 bits per heavy atom. The first-order chi connectivity index (χ1) is 15.7. The number of hydrogen-bond acceptors (Lipinski definition) is 6. The second-order valence-corrected chi connectivity index (χ2v) is 11.7. The van der Waals surface area contributed by atoms with Gasteiger partial charge in [-0.15, -0.1) is 0 Å². The molecule has 8 atom stereocenters. The molecule has 1 unspecified atom stereocenters. The number of allylic oxidation sites excluding steroid dienone is 3. The van der Waals surface area contributed by atoms with Crippen LogP contribution in [0.5, 0.6) is 0 Å². The van der Waals surface area contributed by atoms with Gasteiger partial charge in [0.1, 0.15) is 12.2 Å². The lowest BCUT2D eigenvalue weighted by molar-refractivity contribution is -0.0829. The van der Waals surface area contributed by atoms with E-state index in [4.69, 9.17) is 18.9 Å². The standard InChI is InChI=1S/C26H37IO6/c1-15(14-27)19-8-9-20-18-7-6-16-12-17(32-23(28)30-4)13-22(33-24(29)31-5)26(16,3)21(18)10-11-25(19,20)2/h6-7,15,17,19-22H,8-14H2,1-5H3/t15?,17-,19-,20+,21+,22+,25-,26+/m1/s1. The van der Waals surface area contributed by atoms with Crippen LogP contribution in [0.1, 0.15) is 59.3 Å². The summed E-state index contributed by atoms with van der Waals surface area (Å²) >= 11 is 2.54. The van der Waals surface area contributed by atoms with Crippen LogP contribution in [0, 0.1) is 34.5 Å². The maximum absolute atomic E-state index is 12.2. The van der Waals surface area contributed by atoms with Crippen LogP contribution < -0.4 is 0 Å². The molecule has 0 aromatic rings. The van der Waals surface area contributed by atoms with Gasteiger partial charge in [0, 0.05) is 22.7 Å². The highest BCUT2D eigenvalue weighted by atomic mass is 127. The largest absolute Gasteiger partial charge is 0.508 e. The van der Waals surface area contributed by atoms with Crippen molar-refractivity contribution in [2.75, 3.05) is 18.6 Å². The van der Waals surface area contributed by atoms with Gasteiger partial charge in [0.05, 0.1) is 14.2 Å². The van der Waals surface area contributed by atoms with E-state index < -0.39 is 24.5 Å². The molecule has 0 aromatic heterocycles. The Hall–Kier alpha value is -1.25. The average Bonchev–Trinajstić information content (AvgIpc) is 3.16. The minimum atomic E-state index is -0.706. The van der Waals surface area contributed by atoms with E-state index in [9.17, 15) is 9.59 Å². The van der Waals surface area contributed by atoms with Crippen LogP contribution >= 0.6 is 22.6 Å². The molecule has 0 saturated heterocycles. The number of methoxy groups -OCH3 is 2. The lowest BCUT2D eigenvalue weighted by Gasteiger charge is -2.57. The fourth-order valence-corrected chi connectivity index (χ4v) is 8.31. The zero-order valence-corrected chi connectivity index (χ0v) is 22.6. The average molecular weight is 572 g/mol. The first-order valence-electron chi connectivity index (χ1n) is 12.1. The molecule has 184 valence electrons. The van der Waals surface area contributed by atoms with Gasteiger partial charge in [0.25, 0.3) is 0 Å². The summed E-state index contributed by atoms with van der Waals surface area (Å²) in [5, 5.41) is 0. The van der Waals surface area contributed by atoms with E-state index in [-0.39, 0.29) is 5.41 Å². The summed E-state index contributed by atoms with van der Waals surface area (Å²) in [4.78, 5) is 24.0. The molecule has 33 heavy (non-hydrogen) atoms. The number of carbonyl (C=O) groups is 2. The summed E-state index contributed by atoms with van der Waals surface area (Å²) in [6, 6.07) is 0. The topological polar surface area (TPSA) is 71.1 Å². The normalized spacial score (nSPS) is 40.2. The quantitative estimate of drug-likeness (QED) is 0.219. The third-order valence-corrected chi connectivity index (χ3v) is 10.8. The van der Waals surface area contributed by atoms with Crippen molar-refractivity contribution < 1.29 is 28.5 Å². The minimum absolute atomic E-state index is 0.318. The first kappa shape index (κ1) is 24.9. The molecule has 4 rings (SSSR count). The predicted molar refractivity (Wildman–Crippen MR) is 133 cm³/mol. The minimum Gasteiger partial charge on any atom is -0.438 e. The Balaban J connectivity index is 1.68. The molecular formula is C26H37IO6. The first-order valence-corrected chi connectivity index (χ1v) is 13.7. The van der Waals surface area contributed by atoms with E-state index >= 15 is 0 Å². The number of rotatable bonds is 4. The Labute approximate surface area is 210 Å². The van der Waals surface area contributed by atoms with Gasteiger partial charge in [-0.3, -0.25) is 0 Å². The zero-order valence-electron chi connectivity index (χ0n) is 20.4. The van der Waals surface area contributed by atoms with Crippen molar-refractivity contribution in [2.45, 2.75) is 71.5 Å². The van der Waals surface area contributed by atoms with Gasteiger partial charge in [-0.1, -0.05) is 66.7 Å². The molecule has 4 aliphatic rings. The van der Waals surface area contributed by atoms with Crippen molar-refractivity contribution in [1.82, 2.24) is 0 Å². The zero-order chi connectivity index (χ0) is 24.0. The third kappa shape index (κ3) is 4.10. The van der Waals surface area contributed by atoms with Crippen LogP contribution in [-0.2, 0) is 18.9 Å². The molecule has 4 aliphatic carbocycles. The monoisotopic (exact) mass is 572 g/mol. The van der Waals surface area contributed by atoms with Crippen LogP contribution in [0.4, 0.5) is 9.59 Å². The van der Waals surface area contributed by atoms with Crippen LogP contribution in [0.3, 0.4) is 0 Å². The number of fused-ring (bicyclic) bond motifs is 5. The molecule has 0 heterocycles. The van der Waals surface area contributed by atoms with Crippen LogP contribution in [0.25, 0.3) is 0 Å². The molecule has 7 heteroatoms. The summed E-state index contributed by atoms with van der Waals surface area (Å²) < 4.78 is 22.1. The molecule has 0 spiro atoms. The Morgan fingerprint density at radius 1 is 1.06 bits per heavy atom. The lowest BCUT2D eigenvalue weighted by atomic mass is 9.49. The highest BCUT2D eigenvalue weighted by Gasteiger charge is 2.60. The third-order valence-electron chi connectivity index (χ3n) is 9.44. The van der Waals surface area contributed by atoms with Gasteiger partial charge in [-0.2, -0.15) is 0 Å². The number of halogens is 1. The number of hydrogen-bond donors (Lipinski definition) is 0. The highest BCUT2D eigenvalue weighted by Crippen LogP contribution is 2.66. The van der Waals surface area contributed by atoms with E-state index in [2.05, 4.69) is 55.5 Å². The molecular weight excluding hydrogens is 535 g/mol. The SMILES string of the molecule is COC(=O)O[C@@H]1CC2=CC=C3[C@@H]4CC[C@H](C(C)CI)[C@@]4(C)CC[C@@H]3[C@@]2(C)[C@@H](OC(=O)OC)C1. The Bertz CT molecular complexity index is 852. The van der Waals surface area contributed by atoms with Gasteiger partial charge < -0.3 is 18.9 Å². The second kappa shape index (κ2) is 9.42. The van der Waals surface area contributed by atoms with Gasteiger partial charge in [-0.05, 0) is 54.8 Å². The molecule has 0 radical (unpaired) electrons. The second-order valence-electron chi connectivity index (χ2n) is 10.8. The van der Waals surface area contributed by atoms with Gasteiger partial charge in [0.2, 0.25) is 0 Å². The van der Waals surface area contributed by atoms with Gasteiger partial charge in [0.15, 0.2) is 0 Å². The molecule has 0 aromatic carbocycles. The maximum Gasteiger partial charge on any atom is 0.508 e. The van der Waals surface area contributed by atoms with E-state index in [1.807, 2.05) is 0 Å². The lowest BCUT2D eigenvalue weighted by Crippen LogP contribution is -2.54. The summed E-state index contributed by atoms with van der Waals surface area (Å²) in [5.74, 6) is 2.37. The smallest absolute Gasteiger partial charge is 0.438 e. The fraction of sp³-hybridized carbons (Fsp3) is 0.769. The van der Waals surface area contributed by atoms with Crippen molar-refractivity contribution in [2.24, 2.45) is 34.5 Å². The maximum atomic E-state index is 12.2. The molecule has 0 bridgehead atoms. The predicted octanol–water partition coefficient (Wildman–Crippen LogP) is 6.47. The van der Waals surface area contributed by atoms with Crippen molar-refractivity contribution in [3.63, 3.8) is 0 Å². The molecule has 3 saturated carbocycles. The van der Waals surface area contributed by atoms with Crippen molar-refractivity contribution in [3.05, 3.63) is 23.3 Å². The van der Waals surface area contributed by atoms with E-state index in [0.29, 0.717) is 30.1 Å². The molecule has 0 N–H and O–H groups in total. The van der Waals surface area contributed by atoms with Crippen molar-refractivity contribution in [1.29, 1.82) is 0 Å². The summed E-state index contributed by atoms with van der Waals surface area (Å²) in [5.41, 5.74) is 2.72. The summed E-state index contributed by atoms with van der Waals surface area (Å²) in [6.07, 6.45) is 8.22. The van der Waals surface area contributed by atoms with E-state index in [1.54, 1.807) is 0 Å². The molecule has 0 aliphatic heterocycles. The summed E-state index contributed by atoms with van der Waals surface area (Å²) in [6.45, 7) is 7.16. The number of carbonyl (C=O) groups excluding carboxylic acids is 2. The van der Waals surface area contributed by atoms with Crippen LogP contribution in [0.15, 0.2) is 23.3 Å². The van der Waals surface area contributed by atoms with Crippen LogP contribution in [0.2, 0.25) is 0 Å². The highest BCUT2D eigenvalue weighted by molar-refractivity contribution is 14.1. The molecule has 0 amide bonds. The number of alkyl halides is 1. The van der Waals surface area contributed by atoms with E-state index in [1.165, 1.54) is 49.1 Å².